The molecule has 0 spiro atoms. The van der Waals surface area contributed by atoms with E-state index in [2.05, 4.69) is 5.32 Å². The first-order chi connectivity index (χ1) is 7.91. The van der Waals surface area contributed by atoms with E-state index in [0.29, 0.717) is 18.8 Å². The number of nitrogens with one attached hydrogen (secondary N) is 1. The predicted molar refractivity (Wildman–Crippen MR) is 63.0 cm³/mol. The lowest BCUT2D eigenvalue weighted by Gasteiger charge is -2.14. The zero-order chi connectivity index (χ0) is 13.0. The topological polar surface area (TPSA) is 82.7 Å². The number of aliphatic hydroxyl groups is 1. The SMILES string of the molecule is Cc1oc(C(=O)O)cc1CNCC(O)C(C)C. The Morgan fingerprint density at radius 1 is 1.53 bits per heavy atom. The molecule has 96 valence electrons. The van der Waals surface area contributed by atoms with E-state index in [1.807, 2.05) is 13.8 Å². The molecular weight excluding hydrogens is 222 g/mol. The van der Waals surface area contributed by atoms with E-state index in [1.165, 1.54) is 6.07 Å². The molecule has 0 fully saturated rings. The molecule has 1 atom stereocenters. The van der Waals surface area contributed by atoms with Gasteiger partial charge >= 0.3 is 5.97 Å². The van der Waals surface area contributed by atoms with Crippen molar-refractivity contribution in [2.24, 2.45) is 5.92 Å². The fourth-order valence-corrected chi connectivity index (χ4v) is 1.39. The van der Waals surface area contributed by atoms with Gasteiger partial charge in [0.05, 0.1) is 6.10 Å². The van der Waals surface area contributed by atoms with Gasteiger partial charge in [0.1, 0.15) is 5.76 Å². The van der Waals surface area contributed by atoms with Crippen LogP contribution in [0.4, 0.5) is 0 Å². The average Bonchev–Trinajstić information content (AvgIpc) is 2.60. The summed E-state index contributed by atoms with van der Waals surface area (Å²) in [4.78, 5) is 10.7. The summed E-state index contributed by atoms with van der Waals surface area (Å²) in [5.41, 5.74) is 0.804. The van der Waals surface area contributed by atoms with E-state index < -0.39 is 12.1 Å². The summed E-state index contributed by atoms with van der Waals surface area (Å²) in [5.74, 6) is -0.332. The Bertz CT molecular complexity index is 384. The molecule has 0 amide bonds. The molecule has 0 aliphatic heterocycles. The molecule has 0 aliphatic rings. The van der Waals surface area contributed by atoms with Crippen LogP contribution in [-0.2, 0) is 6.54 Å². The Morgan fingerprint density at radius 2 is 2.18 bits per heavy atom. The van der Waals surface area contributed by atoms with Gasteiger partial charge in [0.2, 0.25) is 5.76 Å². The minimum absolute atomic E-state index is 0.0521. The van der Waals surface area contributed by atoms with Crippen LogP contribution >= 0.6 is 0 Å². The maximum Gasteiger partial charge on any atom is 0.371 e. The maximum absolute atomic E-state index is 10.7. The van der Waals surface area contributed by atoms with Crippen LogP contribution in [0.5, 0.6) is 0 Å². The van der Waals surface area contributed by atoms with Gasteiger partial charge in [0, 0.05) is 18.7 Å². The summed E-state index contributed by atoms with van der Waals surface area (Å²) in [7, 11) is 0. The van der Waals surface area contributed by atoms with E-state index >= 15 is 0 Å². The van der Waals surface area contributed by atoms with Crippen molar-refractivity contribution in [2.75, 3.05) is 6.54 Å². The molecule has 0 saturated heterocycles. The van der Waals surface area contributed by atoms with Crippen molar-refractivity contribution in [1.29, 1.82) is 0 Å². The fourth-order valence-electron chi connectivity index (χ4n) is 1.39. The van der Waals surface area contributed by atoms with E-state index in [9.17, 15) is 9.90 Å². The minimum atomic E-state index is -1.07. The van der Waals surface area contributed by atoms with Gasteiger partial charge in [-0.15, -0.1) is 0 Å². The molecular formula is C12H19NO4. The van der Waals surface area contributed by atoms with Crippen LogP contribution in [0, 0.1) is 12.8 Å². The number of hydrogen-bond donors (Lipinski definition) is 3. The lowest BCUT2D eigenvalue weighted by Crippen LogP contribution is -2.30. The Balaban J connectivity index is 2.49. The molecule has 1 rings (SSSR count). The standard InChI is InChI=1S/C12H19NO4/c1-7(2)10(14)6-13-5-9-4-11(12(15)16)17-8(9)3/h4,7,10,13-14H,5-6H2,1-3H3,(H,15,16). The first kappa shape index (κ1) is 13.7. The van der Waals surface area contributed by atoms with Crippen LogP contribution in [0.2, 0.25) is 0 Å². The largest absolute Gasteiger partial charge is 0.475 e. The second-order valence-corrected chi connectivity index (χ2v) is 4.44. The van der Waals surface area contributed by atoms with Crippen LogP contribution in [0.25, 0.3) is 0 Å². The molecule has 1 aromatic heterocycles. The molecule has 1 unspecified atom stereocenters. The second kappa shape index (κ2) is 5.84. The van der Waals surface area contributed by atoms with Crippen molar-refractivity contribution in [2.45, 2.75) is 33.4 Å². The van der Waals surface area contributed by atoms with Gasteiger partial charge in [-0.2, -0.15) is 0 Å². The zero-order valence-electron chi connectivity index (χ0n) is 10.4. The lowest BCUT2D eigenvalue weighted by molar-refractivity contribution is 0.0661. The minimum Gasteiger partial charge on any atom is -0.475 e. The molecule has 17 heavy (non-hydrogen) atoms. The van der Waals surface area contributed by atoms with Gasteiger partial charge in [-0.3, -0.25) is 0 Å². The summed E-state index contributed by atoms with van der Waals surface area (Å²) in [6.07, 6.45) is -0.402. The number of aromatic carboxylic acids is 1. The van der Waals surface area contributed by atoms with Gasteiger partial charge in [-0.25, -0.2) is 4.79 Å². The zero-order valence-corrected chi connectivity index (χ0v) is 10.4. The predicted octanol–water partition coefficient (Wildman–Crippen LogP) is 1.39. The molecule has 0 aliphatic carbocycles. The van der Waals surface area contributed by atoms with Gasteiger partial charge in [-0.05, 0) is 18.9 Å². The Kier molecular flexibility index (Phi) is 4.72. The van der Waals surface area contributed by atoms with Gasteiger partial charge in [0.15, 0.2) is 0 Å². The van der Waals surface area contributed by atoms with Gasteiger partial charge in [-0.1, -0.05) is 13.8 Å². The number of carbonyl (C=O) groups is 1. The Hall–Kier alpha value is -1.33. The van der Waals surface area contributed by atoms with Crippen molar-refractivity contribution in [3.05, 3.63) is 23.2 Å². The van der Waals surface area contributed by atoms with Crippen molar-refractivity contribution in [3.63, 3.8) is 0 Å². The molecule has 0 bridgehead atoms. The highest BCUT2D eigenvalue weighted by atomic mass is 16.4. The number of hydrogen-bond acceptors (Lipinski definition) is 4. The highest BCUT2D eigenvalue weighted by Gasteiger charge is 2.13. The summed E-state index contributed by atoms with van der Waals surface area (Å²) in [6, 6.07) is 1.51. The fraction of sp³-hybridized carbons (Fsp3) is 0.583. The summed E-state index contributed by atoms with van der Waals surface area (Å²) in [5, 5.41) is 21.4. The smallest absolute Gasteiger partial charge is 0.371 e. The normalized spacial score (nSPS) is 13.0. The van der Waals surface area contributed by atoms with E-state index in [0.717, 1.165) is 5.56 Å². The number of furan rings is 1. The number of rotatable bonds is 6. The van der Waals surface area contributed by atoms with Crippen molar-refractivity contribution in [1.82, 2.24) is 5.32 Å². The maximum atomic E-state index is 10.7. The molecule has 1 aromatic rings. The Labute approximate surface area is 100 Å². The molecule has 3 N–H and O–H groups in total. The third-order valence-corrected chi connectivity index (χ3v) is 2.67. The first-order valence-corrected chi connectivity index (χ1v) is 5.63. The second-order valence-electron chi connectivity index (χ2n) is 4.44. The molecule has 0 saturated carbocycles. The van der Waals surface area contributed by atoms with Crippen LogP contribution in [0.1, 0.15) is 35.7 Å². The van der Waals surface area contributed by atoms with Crippen LogP contribution in [0.3, 0.4) is 0 Å². The first-order valence-electron chi connectivity index (χ1n) is 5.63. The van der Waals surface area contributed by atoms with Crippen molar-refractivity contribution < 1.29 is 19.4 Å². The van der Waals surface area contributed by atoms with Crippen LogP contribution in [0.15, 0.2) is 10.5 Å². The monoisotopic (exact) mass is 241 g/mol. The van der Waals surface area contributed by atoms with Crippen molar-refractivity contribution in [3.8, 4) is 0 Å². The molecule has 0 aromatic carbocycles. The highest BCUT2D eigenvalue weighted by molar-refractivity contribution is 5.84. The average molecular weight is 241 g/mol. The number of aliphatic hydroxyl groups excluding tert-OH is 1. The van der Waals surface area contributed by atoms with E-state index in [1.54, 1.807) is 6.92 Å². The molecule has 0 radical (unpaired) electrons. The number of carboxylic acid groups (broad SMARTS) is 1. The number of carboxylic acids is 1. The van der Waals surface area contributed by atoms with E-state index in [4.69, 9.17) is 9.52 Å². The van der Waals surface area contributed by atoms with Gasteiger partial charge in [0.25, 0.3) is 0 Å². The van der Waals surface area contributed by atoms with E-state index in [-0.39, 0.29) is 11.7 Å². The van der Waals surface area contributed by atoms with Crippen molar-refractivity contribution >= 4 is 5.97 Å². The molecule has 5 heteroatoms. The summed E-state index contributed by atoms with van der Waals surface area (Å²) in [6.45, 7) is 6.58. The number of aryl methyl sites for hydroxylation is 1. The summed E-state index contributed by atoms with van der Waals surface area (Å²) < 4.78 is 5.08. The lowest BCUT2D eigenvalue weighted by atomic mass is 10.1. The highest BCUT2D eigenvalue weighted by Crippen LogP contribution is 2.14. The van der Waals surface area contributed by atoms with Crippen LogP contribution in [-0.4, -0.2) is 28.8 Å². The van der Waals surface area contributed by atoms with Gasteiger partial charge < -0.3 is 19.9 Å². The molecule has 1 heterocycles. The van der Waals surface area contributed by atoms with Crippen LogP contribution < -0.4 is 5.32 Å². The molecule has 5 nitrogen and oxygen atoms in total. The third kappa shape index (κ3) is 3.87. The quantitative estimate of drug-likeness (QED) is 0.701. The third-order valence-electron chi connectivity index (χ3n) is 2.67. The Morgan fingerprint density at radius 3 is 2.65 bits per heavy atom. The summed E-state index contributed by atoms with van der Waals surface area (Å²) >= 11 is 0.